The summed E-state index contributed by atoms with van der Waals surface area (Å²) in [6.45, 7) is 7.93. The largest absolute Gasteiger partial charge is 0.505 e. The van der Waals surface area contributed by atoms with Crippen molar-refractivity contribution < 1.29 is 9.50 Å². The molecule has 72 valence electrons. The Labute approximate surface area is 78.2 Å². The molecular weight excluding hydrogens is 167 g/mol. The number of halogens is 1. The summed E-state index contributed by atoms with van der Waals surface area (Å²) in [5.41, 5.74) is 1.77. The minimum Gasteiger partial charge on any atom is -0.505 e. The first-order valence-corrected chi connectivity index (χ1v) is 4.32. The molecule has 0 bridgehead atoms. The highest BCUT2D eigenvalue weighted by atomic mass is 19.1. The molecule has 1 nitrogen and oxygen atoms in total. The molecule has 0 aliphatic heterocycles. The van der Waals surface area contributed by atoms with Crippen molar-refractivity contribution in [2.75, 3.05) is 0 Å². The number of rotatable bonds is 0. The Morgan fingerprint density at radius 2 is 1.77 bits per heavy atom. The summed E-state index contributed by atoms with van der Waals surface area (Å²) in [5, 5.41) is 9.12. The highest BCUT2D eigenvalue weighted by Crippen LogP contribution is 2.29. The summed E-state index contributed by atoms with van der Waals surface area (Å²) in [4.78, 5) is 0. The Balaban J connectivity index is 3.32. The molecule has 0 saturated carbocycles. The molecule has 1 N–H and O–H groups in total. The van der Waals surface area contributed by atoms with E-state index < -0.39 is 5.82 Å². The van der Waals surface area contributed by atoms with Crippen LogP contribution in [0.15, 0.2) is 12.1 Å². The molecule has 0 saturated heterocycles. The average molecular weight is 182 g/mol. The molecule has 2 heteroatoms. The summed E-state index contributed by atoms with van der Waals surface area (Å²) in [7, 11) is 0. The van der Waals surface area contributed by atoms with Gasteiger partial charge in [0.2, 0.25) is 0 Å². The van der Waals surface area contributed by atoms with E-state index in [1.165, 1.54) is 12.1 Å². The lowest BCUT2D eigenvalue weighted by molar-refractivity contribution is 0.429. The van der Waals surface area contributed by atoms with Gasteiger partial charge in [-0.05, 0) is 35.6 Å². The minimum atomic E-state index is -0.546. The normalized spacial score (nSPS) is 11.8. The number of phenols is 1. The molecule has 0 heterocycles. The van der Waals surface area contributed by atoms with Gasteiger partial charge >= 0.3 is 0 Å². The maximum absolute atomic E-state index is 13.0. The molecule has 0 atom stereocenters. The van der Waals surface area contributed by atoms with E-state index in [0.29, 0.717) is 0 Å². The van der Waals surface area contributed by atoms with Crippen LogP contribution in [0.4, 0.5) is 4.39 Å². The van der Waals surface area contributed by atoms with E-state index in [9.17, 15) is 4.39 Å². The van der Waals surface area contributed by atoms with Crippen LogP contribution in [-0.4, -0.2) is 5.11 Å². The van der Waals surface area contributed by atoms with Crippen molar-refractivity contribution >= 4 is 0 Å². The zero-order valence-corrected chi connectivity index (χ0v) is 8.48. The Hall–Kier alpha value is -1.05. The number of phenolic OH excluding ortho intramolecular Hbond substituents is 1. The predicted molar refractivity (Wildman–Crippen MR) is 51.5 cm³/mol. The van der Waals surface area contributed by atoms with Crippen LogP contribution in [0.3, 0.4) is 0 Å². The Bertz CT molecular complexity index is 324. The second kappa shape index (κ2) is 3.02. The van der Waals surface area contributed by atoms with Crippen molar-refractivity contribution in [3.05, 3.63) is 29.1 Å². The third kappa shape index (κ3) is 2.00. The lowest BCUT2D eigenvalue weighted by Gasteiger charge is -2.21. The summed E-state index contributed by atoms with van der Waals surface area (Å²) in [5.74, 6) is -0.818. The molecule has 0 aliphatic carbocycles. The standard InChI is InChI=1S/C11H15FO/c1-7-5-10(13)9(12)6-8(7)11(2,3)4/h5-6,13H,1-4H3. The van der Waals surface area contributed by atoms with Crippen molar-refractivity contribution in [2.45, 2.75) is 33.1 Å². The van der Waals surface area contributed by atoms with E-state index in [-0.39, 0.29) is 11.2 Å². The SMILES string of the molecule is Cc1cc(O)c(F)cc1C(C)(C)C. The second-order valence-corrected chi connectivity index (χ2v) is 4.37. The minimum absolute atomic E-state index is 0.0847. The van der Waals surface area contributed by atoms with Gasteiger partial charge in [-0.3, -0.25) is 0 Å². The Morgan fingerprint density at radius 3 is 2.23 bits per heavy atom. The van der Waals surface area contributed by atoms with Gasteiger partial charge in [0.15, 0.2) is 11.6 Å². The molecule has 0 spiro atoms. The molecule has 1 aromatic rings. The monoisotopic (exact) mass is 182 g/mol. The van der Waals surface area contributed by atoms with Gasteiger partial charge in [0.05, 0.1) is 0 Å². The Kier molecular flexibility index (Phi) is 2.33. The maximum atomic E-state index is 13.0. The van der Waals surface area contributed by atoms with Gasteiger partial charge in [-0.25, -0.2) is 4.39 Å². The van der Waals surface area contributed by atoms with Crippen molar-refractivity contribution in [3.63, 3.8) is 0 Å². The third-order valence-electron chi connectivity index (χ3n) is 2.10. The first kappa shape index (κ1) is 10.0. The average Bonchev–Trinajstić information content (AvgIpc) is 1.94. The van der Waals surface area contributed by atoms with Crippen LogP contribution in [0.5, 0.6) is 5.75 Å². The lowest BCUT2D eigenvalue weighted by Crippen LogP contribution is -2.13. The zero-order valence-electron chi connectivity index (χ0n) is 8.48. The fourth-order valence-corrected chi connectivity index (χ4v) is 1.47. The van der Waals surface area contributed by atoms with Crippen molar-refractivity contribution in [1.29, 1.82) is 0 Å². The molecular formula is C11H15FO. The van der Waals surface area contributed by atoms with Crippen molar-refractivity contribution in [1.82, 2.24) is 0 Å². The molecule has 0 aromatic heterocycles. The van der Waals surface area contributed by atoms with Gasteiger partial charge in [0.1, 0.15) is 0 Å². The number of aryl methyl sites for hydroxylation is 1. The molecule has 0 aliphatic rings. The fraction of sp³-hybridized carbons (Fsp3) is 0.455. The van der Waals surface area contributed by atoms with E-state index in [0.717, 1.165) is 11.1 Å². The van der Waals surface area contributed by atoms with Crippen LogP contribution in [0.25, 0.3) is 0 Å². The number of hydrogen-bond donors (Lipinski definition) is 1. The number of hydrogen-bond acceptors (Lipinski definition) is 1. The highest BCUT2D eigenvalue weighted by Gasteiger charge is 2.18. The zero-order chi connectivity index (χ0) is 10.2. The number of aromatic hydroxyl groups is 1. The van der Waals surface area contributed by atoms with Gasteiger partial charge in [-0.2, -0.15) is 0 Å². The Morgan fingerprint density at radius 1 is 1.23 bits per heavy atom. The van der Waals surface area contributed by atoms with E-state index in [4.69, 9.17) is 5.11 Å². The summed E-state index contributed by atoms with van der Waals surface area (Å²) >= 11 is 0. The third-order valence-corrected chi connectivity index (χ3v) is 2.10. The second-order valence-electron chi connectivity index (χ2n) is 4.37. The quantitative estimate of drug-likeness (QED) is 0.653. The van der Waals surface area contributed by atoms with Crippen molar-refractivity contribution in [2.24, 2.45) is 0 Å². The topological polar surface area (TPSA) is 20.2 Å². The molecule has 0 fully saturated rings. The number of benzene rings is 1. The van der Waals surface area contributed by atoms with Crippen LogP contribution in [-0.2, 0) is 5.41 Å². The van der Waals surface area contributed by atoms with Gasteiger partial charge in [-0.15, -0.1) is 0 Å². The van der Waals surface area contributed by atoms with E-state index in [2.05, 4.69) is 0 Å². The highest BCUT2D eigenvalue weighted by molar-refractivity contribution is 5.38. The molecule has 0 amide bonds. The molecule has 13 heavy (non-hydrogen) atoms. The van der Waals surface area contributed by atoms with Gasteiger partial charge < -0.3 is 5.11 Å². The molecule has 1 aromatic carbocycles. The smallest absolute Gasteiger partial charge is 0.165 e. The first-order valence-electron chi connectivity index (χ1n) is 4.32. The van der Waals surface area contributed by atoms with Crippen LogP contribution < -0.4 is 0 Å². The summed E-state index contributed by atoms with van der Waals surface area (Å²) in [6.07, 6.45) is 0. The van der Waals surface area contributed by atoms with Crippen LogP contribution in [0.2, 0.25) is 0 Å². The summed E-state index contributed by atoms with van der Waals surface area (Å²) < 4.78 is 13.0. The van der Waals surface area contributed by atoms with E-state index in [1.807, 2.05) is 27.7 Å². The van der Waals surface area contributed by atoms with Gasteiger partial charge in [0.25, 0.3) is 0 Å². The van der Waals surface area contributed by atoms with Crippen LogP contribution >= 0.6 is 0 Å². The molecule has 0 unspecified atom stereocenters. The maximum Gasteiger partial charge on any atom is 0.165 e. The first-order chi connectivity index (χ1) is 5.82. The van der Waals surface area contributed by atoms with E-state index >= 15 is 0 Å². The van der Waals surface area contributed by atoms with E-state index in [1.54, 1.807) is 0 Å². The molecule has 1 rings (SSSR count). The van der Waals surface area contributed by atoms with Gasteiger partial charge in [-0.1, -0.05) is 20.8 Å². The van der Waals surface area contributed by atoms with Crippen LogP contribution in [0.1, 0.15) is 31.9 Å². The van der Waals surface area contributed by atoms with Gasteiger partial charge in [0, 0.05) is 0 Å². The fourth-order valence-electron chi connectivity index (χ4n) is 1.47. The molecule has 0 radical (unpaired) electrons. The lowest BCUT2D eigenvalue weighted by atomic mass is 9.84. The predicted octanol–water partition coefficient (Wildman–Crippen LogP) is 3.14. The van der Waals surface area contributed by atoms with Crippen molar-refractivity contribution in [3.8, 4) is 5.75 Å². The van der Waals surface area contributed by atoms with Crippen LogP contribution in [0, 0.1) is 12.7 Å². The summed E-state index contributed by atoms with van der Waals surface area (Å²) in [6, 6.07) is 2.88.